The normalized spacial score (nSPS) is 25.3. The highest BCUT2D eigenvalue weighted by atomic mass is 16.3. The number of Topliss-reactive ketones (excluding diaryl/α,β-unsaturated/α-hetero) is 1. The smallest absolute Gasteiger partial charge is 0.161 e. The van der Waals surface area contributed by atoms with Crippen LogP contribution in [-0.4, -0.2) is 23.0 Å². The van der Waals surface area contributed by atoms with Gasteiger partial charge in [-0.3, -0.25) is 4.79 Å². The number of rotatable bonds is 3. The zero-order valence-electron chi connectivity index (χ0n) is 11.0. The number of aliphatic hydroxyl groups excluding tert-OH is 1. The van der Waals surface area contributed by atoms with Crippen LogP contribution in [0.15, 0.2) is 18.2 Å². The number of nitrogens with one attached hydrogen (secondary N) is 1. The van der Waals surface area contributed by atoms with E-state index in [1.807, 2.05) is 19.9 Å². The molecule has 2 rings (SSSR count). The molecular formula is C14H20N2O2. The van der Waals surface area contributed by atoms with E-state index in [1.165, 1.54) is 6.92 Å². The third-order valence-electron chi connectivity index (χ3n) is 3.99. The van der Waals surface area contributed by atoms with Gasteiger partial charge in [-0.2, -0.15) is 0 Å². The molecule has 2 atom stereocenters. The summed E-state index contributed by atoms with van der Waals surface area (Å²) < 4.78 is 0. The Morgan fingerprint density at radius 2 is 2.17 bits per heavy atom. The Labute approximate surface area is 107 Å². The maximum atomic E-state index is 11.4. The summed E-state index contributed by atoms with van der Waals surface area (Å²) in [6, 6.07) is 5.60. The van der Waals surface area contributed by atoms with Gasteiger partial charge in [0, 0.05) is 28.4 Å². The van der Waals surface area contributed by atoms with E-state index in [0.29, 0.717) is 11.3 Å². The van der Waals surface area contributed by atoms with Gasteiger partial charge in [-0.05, 0) is 31.5 Å². The average Bonchev–Trinajstić information content (AvgIpc) is 2.30. The third-order valence-corrected chi connectivity index (χ3v) is 3.99. The van der Waals surface area contributed by atoms with Crippen LogP contribution in [0.25, 0.3) is 0 Å². The molecule has 0 bridgehead atoms. The maximum Gasteiger partial charge on any atom is 0.161 e. The van der Waals surface area contributed by atoms with Crippen LogP contribution in [0.3, 0.4) is 0 Å². The number of anilines is 2. The van der Waals surface area contributed by atoms with Crippen molar-refractivity contribution in [3.05, 3.63) is 23.8 Å². The minimum absolute atomic E-state index is 0.0379. The van der Waals surface area contributed by atoms with E-state index in [2.05, 4.69) is 5.32 Å². The zero-order chi connectivity index (χ0) is 13.5. The van der Waals surface area contributed by atoms with Gasteiger partial charge in [-0.25, -0.2) is 0 Å². The van der Waals surface area contributed by atoms with Crippen LogP contribution in [-0.2, 0) is 0 Å². The number of benzene rings is 1. The molecule has 1 fully saturated rings. The molecule has 4 N–H and O–H groups in total. The summed E-state index contributed by atoms with van der Waals surface area (Å²) in [5, 5.41) is 13.1. The van der Waals surface area contributed by atoms with E-state index in [-0.39, 0.29) is 23.3 Å². The van der Waals surface area contributed by atoms with Gasteiger partial charge >= 0.3 is 0 Å². The quantitative estimate of drug-likeness (QED) is 0.565. The maximum absolute atomic E-state index is 11.4. The van der Waals surface area contributed by atoms with Crippen LogP contribution in [0.4, 0.5) is 11.4 Å². The molecule has 0 radical (unpaired) electrons. The highest BCUT2D eigenvalue weighted by Crippen LogP contribution is 2.42. The van der Waals surface area contributed by atoms with Crippen molar-refractivity contribution in [1.82, 2.24) is 0 Å². The Balaban J connectivity index is 2.16. The number of aliphatic hydroxyl groups is 1. The highest BCUT2D eigenvalue weighted by molar-refractivity contribution is 6.00. The van der Waals surface area contributed by atoms with Gasteiger partial charge < -0.3 is 16.2 Å². The van der Waals surface area contributed by atoms with E-state index in [1.54, 1.807) is 12.1 Å². The standard InChI is InChI=1S/C14H20N2O2/c1-8(17)10-6-9(4-5-11(10)15)16-12-7-13(18)14(12,2)3/h4-6,12-13,16,18H,7,15H2,1-3H3. The summed E-state index contributed by atoms with van der Waals surface area (Å²) in [6.45, 7) is 5.57. The number of carbonyl (C=O) groups excluding carboxylic acids is 1. The first-order chi connectivity index (χ1) is 8.32. The van der Waals surface area contributed by atoms with E-state index < -0.39 is 0 Å². The van der Waals surface area contributed by atoms with Crippen LogP contribution in [0, 0.1) is 5.41 Å². The van der Waals surface area contributed by atoms with Crippen LogP contribution in [0.2, 0.25) is 0 Å². The van der Waals surface area contributed by atoms with Gasteiger partial charge in [0.05, 0.1) is 6.10 Å². The number of nitrogen functional groups attached to an aromatic ring is 1. The Morgan fingerprint density at radius 3 is 2.67 bits per heavy atom. The number of hydrogen-bond acceptors (Lipinski definition) is 4. The predicted octanol–water partition coefficient (Wildman–Crippen LogP) is 2.04. The molecule has 1 aromatic rings. The van der Waals surface area contributed by atoms with E-state index in [4.69, 9.17) is 5.73 Å². The summed E-state index contributed by atoms with van der Waals surface area (Å²) in [6.07, 6.45) is 0.461. The second-order valence-corrected chi connectivity index (χ2v) is 5.63. The van der Waals surface area contributed by atoms with Crippen molar-refractivity contribution in [2.75, 3.05) is 11.1 Å². The Hall–Kier alpha value is -1.55. The molecule has 0 saturated heterocycles. The van der Waals surface area contributed by atoms with Gasteiger partial charge in [-0.15, -0.1) is 0 Å². The number of nitrogens with two attached hydrogens (primary N) is 1. The summed E-state index contributed by atoms with van der Waals surface area (Å²) in [5.74, 6) is -0.0379. The van der Waals surface area contributed by atoms with E-state index >= 15 is 0 Å². The van der Waals surface area contributed by atoms with Crippen molar-refractivity contribution in [1.29, 1.82) is 0 Å². The number of ketones is 1. The molecule has 0 amide bonds. The average molecular weight is 248 g/mol. The van der Waals surface area contributed by atoms with Crippen molar-refractivity contribution in [3.63, 3.8) is 0 Å². The van der Waals surface area contributed by atoms with E-state index in [0.717, 1.165) is 12.1 Å². The second-order valence-electron chi connectivity index (χ2n) is 5.63. The molecule has 1 aromatic carbocycles. The fraction of sp³-hybridized carbons (Fsp3) is 0.500. The number of hydrogen-bond donors (Lipinski definition) is 3. The van der Waals surface area contributed by atoms with Crippen LogP contribution in [0.1, 0.15) is 37.6 Å². The van der Waals surface area contributed by atoms with Crippen LogP contribution >= 0.6 is 0 Å². The third kappa shape index (κ3) is 2.08. The SMILES string of the molecule is CC(=O)c1cc(NC2CC(O)C2(C)C)ccc1N. The largest absolute Gasteiger partial charge is 0.398 e. The van der Waals surface area contributed by atoms with Gasteiger partial charge in [0.15, 0.2) is 5.78 Å². The Bertz CT molecular complexity index is 483. The van der Waals surface area contributed by atoms with Crippen molar-refractivity contribution in [2.45, 2.75) is 39.3 Å². The summed E-state index contributed by atoms with van der Waals surface area (Å²) in [4.78, 5) is 11.4. The van der Waals surface area contributed by atoms with Gasteiger partial charge in [0.2, 0.25) is 0 Å². The molecular weight excluding hydrogens is 228 g/mol. The second kappa shape index (κ2) is 4.28. The molecule has 2 unspecified atom stereocenters. The molecule has 0 aliphatic heterocycles. The molecule has 0 aromatic heterocycles. The van der Waals surface area contributed by atoms with Crippen molar-refractivity contribution in [3.8, 4) is 0 Å². The fourth-order valence-electron chi connectivity index (χ4n) is 2.30. The van der Waals surface area contributed by atoms with Gasteiger partial charge in [0.1, 0.15) is 0 Å². The summed E-state index contributed by atoms with van der Waals surface area (Å²) >= 11 is 0. The highest BCUT2D eigenvalue weighted by Gasteiger charge is 2.47. The molecule has 18 heavy (non-hydrogen) atoms. The van der Waals surface area contributed by atoms with Crippen LogP contribution < -0.4 is 11.1 Å². The molecule has 1 aliphatic carbocycles. The zero-order valence-corrected chi connectivity index (χ0v) is 11.0. The van der Waals surface area contributed by atoms with Crippen molar-refractivity contribution < 1.29 is 9.90 Å². The summed E-state index contributed by atoms with van der Waals surface area (Å²) in [7, 11) is 0. The molecule has 4 nitrogen and oxygen atoms in total. The lowest BCUT2D eigenvalue weighted by Gasteiger charge is -2.49. The predicted molar refractivity (Wildman–Crippen MR) is 72.7 cm³/mol. The molecule has 98 valence electrons. The van der Waals surface area contributed by atoms with Crippen molar-refractivity contribution >= 4 is 17.2 Å². The lowest BCUT2D eigenvalue weighted by molar-refractivity contribution is -0.0510. The molecule has 4 heteroatoms. The van der Waals surface area contributed by atoms with Gasteiger partial charge in [-0.1, -0.05) is 13.8 Å². The monoisotopic (exact) mass is 248 g/mol. The lowest BCUT2D eigenvalue weighted by atomic mass is 9.64. The molecule has 0 spiro atoms. The number of carbonyl (C=O) groups is 1. The molecule has 0 heterocycles. The lowest BCUT2D eigenvalue weighted by Crippen LogP contribution is -2.56. The Kier molecular flexibility index (Phi) is 3.07. The van der Waals surface area contributed by atoms with E-state index in [9.17, 15) is 9.90 Å². The topological polar surface area (TPSA) is 75.3 Å². The molecule has 1 saturated carbocycles. The minimum Gasteiger partial charge on any atom is -0.398 e. The Morgan fingerprint density at radius 1 is 1.50 bits per heavy atom. The molecule has 1 aliphatic rings. The van der Waals surface area contributed by atoms with Crippen molar-refractivity contribution in [2.24, 2.45) is 5.41 Å². The first kappa shape index (κ1) is 12.9. The minimum atomic E-state index is -0.268. The first-order valence-corrected chi connectivity index (χ1v) is 6.17. The van der Waals surface area contributed by atoms with Crippen LogP contribution in [0.5, 0.6) is 0 Å². The first-order valence-electron chi connectivity index (χ1n) is 6.17. The fourth-order valence-corrected chi connectivity index (χ4v) is 2.30. The summed E-state index contributed by atoms with van der Waals surface area (Å²) in [5.41, 5.74) is 7.53. The van der Waals surface area contributed by atoms with Gasteiger partial charge in [0.25, 0.3) is 0 Å².